The molecule has 0 saturated carbocycles. The highest BCUT2D eigenvalue weighted by Gasteiger charge is 1.99. The van der Waals surface area contributed by atoms with Crippen LogP contribution in [0, 0.1) is 4.51 Å². The van der Waals surface area contributed by atoms with Gasteiger partial charge in [0.1, 0.15) is 12.4 Å². The Balaban J connectivity index is 2.64. The van der Waals surface area contributed by atoms with Gasteiger partial charge in [-0.15, -0.1) is 0 Å². The molecule has 0 saturated heterocycles. The first-order chi connectivity index (χ1) is 6.22. The summed E-state index contributed by atoms with van der Waals surface area (Å²) in [5.74, 6) is 0.369. The number of H-pyrrole nitrogens is 1. The Hall–Kier alpha value is -1.20. The lowest BCUT2D eigenvalue weighted by molar-refractivity contribution is -0.119. The Morgan fingerprint density at radius 3 is 3.15 bits per heavy atom. The third kappa shape index (κ3) is 3.35. The summed E-state index contributed by atoms with van der Waals surface area (Å²) in [7, 11) is 1.47. The van der Waals surface area contributed by atoms with E-state index in [1.54, 1.807) is 18.3 Å². The second kappa shape index (κ2) is 4.74. The number of hydrogen-bond donors (Lipinski definition) is 2. The van der Waals surface area contributed by atoms with Gasteiger partial charge in [0, 0.05) is 17.8 Å². The average molecular weight is 198 g/mol. The van der Waals surface area contributed by atoms with Crippen molar-refractivity contribution in [3.63, 3.8) is 0 Å². The summed E-state index contributed by atoms with van der Waals surface area (Å²) < 4.78 is 5.33. The average Bonchev–Trinajstić information content (AvgIpc) is 2.04. The zero-order valence-corrected chi connectivity index (χ0v) is 7.98. The summed E-state index contributed by atoms with van der Waals surface area (Å²) in [4.78, 5) is 13.9. The number of aromatic nitrogens is 1. The molecule has 0 aliphatic carbocycles. The smallest absolute Gasteiger partial charge is 0.251 e. The maximum absolute atomic E-state index is 11.0. The van der Waals surface area contributed by atoms with Gasteiger partial charge in [-0.3, -0.25) is 4.79 Å². The first-order valence-electron chi connectivity index (χ1n) is 3.70. The van der Waals surface area contributed by atoms with Gasteiger partial charge in [0.15, 0.2) is 0 Å². The molecule has 0 bridgehead atoms. The maximum Gasteiger partial charge on any atom is 0.251 e. The molecule has 0 atom stereocenters. The van der Waals surface area contributed by atoms with Gasteiger partial charge in [0.05, 0.1) is 0 Å². The summed E-state index contributed by atoms with van der Waals surface area (Å²) in [5, 5.41) is 2.60. The van der Waals surface area contributed by atoms with E-state index in [0.29, 0.717) is 10.3 Å². The highest BCUT2D eigenvalue weighted by Crippen LogP contribution is 2.01. The van der Waals surface area contributed by atoms with Crippen molar-refractivity contribution in [3.8, 4) is 0 Å². The molecular formula is C8H10N2O2S. The number of nitrogens with one attached hydrogen (secondary N) is 2. The van der Waals surface area contributed by atoms with Gasteiger partial charge >= 0.3 is 0 Å². The number of carbonyl (C=O) groups is 1. The molecule has 1 amide bonds. The molecular weight excluding hydrogens is 188 g/mol. The Labute approximate surface area is 80.9 Å². The number of amides is 1. The molecule has 5 heteroatoms. The Kier molecular flexibility index (Phi) is 3.60. The number of carbonyl (C=O) groups excluding carboxylic acids is 1. The van der Waals surface area contributed by atoms with Crippen LogP contribution in [0.2, 0.25) is 0 Å². The van der Waals surface area contributed by atoms with E-state index in [9.17, 15) is 4.79 Å². The predicted octanol–water partition coefficient (Wildman–Crippen LogP) is 1.33. The summed E-state index contributed by atoms with van der Waals surface area (Å²) in [6, 6.07) is 3.41. The quantitative estimate of drug-likeness (QED) is 0.720. The molecule has 2 N–H and O–H groups in total. The predicted molar refractivity (Wildman–Crippen MR) is 52.1 cm³/mol. The number of hydrogen-bond acceptors (Lipinski definition) is 3. The third-order valence-electron chi connectivity index (χ3n) is 1.32. The minimum atomic E-state index is -0.209. The highest BCUT2D eigenvalue weighted by molar-refractivity contribution is 7.71. The van der Waals surface area contributed by atoms with Crippen molar-refractivity contribution in [2.75, 3.05) is 19.0 Å². The van der Waals surface area contributed by atoms with E-state index in [0.717, 1.165) is 0 Å². The topological polar surface area (TPSA) is 54.1 Å². The molecule has 70 valence electrons. The van der Waals surface area contributed by atoms with Crippen LogP contribution in [-0.2, 0) is 9.53 Å². The summed E-state index contributed by atoms with van der Waals surface area (Å²) >= 11 is 4.91. The van der Waals surface area contributed by atoms with Gasteiger partial charge in [0.25, 0.3) is 5.91 Å². The number of pyridine rings is 1. The Morgan fingerprint density at radius 2 is 2.54 bits per heavy atom. The number of methoxy groups -OCH3 is 1. The van der Waals surface area contributed by atoms with Gasteiger partial charge in [-0.05, 0) is 12.1 Å². The second-order valence-corrected chi connectivity index (χ2v) is 2.89. The van der Waals surface area contributed by atoms with Crippen molar-refractivity contribution in [1.82, 2.24) is 4.98 Å². The molecule has 0 spiro atoms. The van der Waals surface area contributed by atoms with Crippen LogP contribution in [0.3, 0.4) is 0 Å². The van der Waals surface area contributed by atoms with Crippen LogP contribution in [0.1, 0.15) is 0 Å². The SMILES string of the molecule is COCC(=O)Nc1cc(=S)cc[nH]1. The van der Waals surface area contributed by atoms with E-state index in [1.807, 2.05) is 0 Å². The molecule has 4 nitrogen and oxygen atoms in total. The lowest BCUT2D eigenvalue weighted by Gasteiger charge is -2.03. The molecule has 13 heavy (non-hydrogen) atoms. The lowest BCUT2D eigenvalue weighted by atomic mass is 10.4. The van der Waals surface area contributed by atoms with Crippen molar-refractivity contribution in [2.45, 2.75) is 0 Å². The normalized spacial score (nSPS) is 9.62. The van der Waals surface area contributed by atoms with Crippen LogP contribution in [0.25, 0.3) is 0 Å². The van der Waals surface area contributed by atoms with Crippen molar-refractivity contribution in [2.24, 2.45) is 0 Å². The molecule has 1 aromatic heterocycles. The van der Waals surface area contributed by atoms with Gasteiger partial charge in [-0.25, -0.2) is 0 Å². The Bertz CT molecular complexity index is 348. The fourth-order valence-corrected chi connectivity index (χ4v) is 1.02. The van der Waals surface area contributed by atoms with Crippen LogP contribution in [0.15, 0.2) is 18.3 Å². The largest absolute Gasteiger partial charge is 0.375 e. The molecule has 0 aromatic carbocycles. The highest BCUT2D eigenvalue weighted by atomic mass is 32.1. The first-order valence-corrected chi connectivity index (χ1v) is 4.11. The summed E-state index contributed by atoms with van der Waals surface area (Å²) in [6.07, 6.45) is 1.67. The van der Waals surface area contributed by atoms with Crippen LogP contribution >= 0.6 is 12.2 Å². The molecule has 0 aliphatic rings. The van der Waals surface area contributed by atoms with E-state index in [1.165, 1.54) is 7.11 Å². The van der Waals surface area contributed by atoms with Crippen LogP contribution < -0.4 is 5.32 Å². The van der Waals surface area contributed by atoms with Crippen LogP contribution in [0.4, 0.5) is 5.82 Å². The third-order valence-corrected chi connectivity index (χ3v) is 1.58. The molecule has 0 aliphatic heterocycles. The van der Waals surface area contributed by atoms with E-state index in [4.69, 9.17) is 12.2 Å². The Morgan fingerprint density at radius 1 is 1.77 bits per heavy atom. The van der Waals surface area contributed by atoms with E-state index in [2.05, 4.69) is 15.0 Å². The first kappa shape index (κ1) is 9.88. The van der Waals surface area contributed by atoms with Gasteiger partial charge in [-0.1, -0.05) is 12.2 Å². The lowest BCUT2D eigenvalue weighted by Crippen LogP contribution is -2.17. The monoisotopic (exact) mass is 198 g/mol. The van der Waals surface area contributed by atoms with Gasteiger partial charge in [-0.2, -0.15) is 0 Å². The summed E-state index contributed by atoms with van der Waals surface area (Å²) in [6.45, 7) is 0.0372. The van der Waals surface area contributed by atoms with Gasteiger partial charge in [0.2, 0.25) is 0 Å². The molecule has 0 fully saturated rings. The van der Waals surface area contributed by atoms with E-state index < -0.39 is 0 Å². The van der Waals surface area contributed by atoms with Crippen LogP contribution in [-0.4, -0.2) is 24.6 Å². The number of anilines is 1. The standard InChI is InChI=1S/C8H10N2O2S/c1-12-5-8(11)10-7-4-6(13)2-3-9-7/h2-4H,5H2,1H3,(H2,9,10,11,13). The summed E-state index contributed by atoms with van der Waals surface area (Å²) in [5.41, 5.74) is 0. The van der Waals surface area contributed by atoms with Crippen LogP contribution in [0.5, 0.6) is 0 Å². The van der Waals surface area contributed by atoms with Crippen molar-refractivity contribution in [3.05, 3.63) is 22.8 Å². The van der Waals surface area contributed by atoms with Gasteiger partial charge < -0.3 is 15.0 Å². The fraction of sp³-hybridized carbons (Fsp3) is 0.250. The van der Waals surface area contributed by atoms with Crippen molar-refractivity contribution >= 4 is 23.9 Å². The number of rotatable bonds is 3. The zero-order chi connectivity index (χ0) is 9.68. The number of aromatic amines is 1. The van der Waals surface area contributed by atoms with E-state index in [-0.39, 0.29) is 12.5 Å². The van der Waals surface area contributed by atoms with E-state index >= 15 is 0 Å². The number of ether oxygens (including phenoxy) is 1. The minimum absolute atomic E-state index is 0.0372. The molecule has 1 heterocycles. The molecule has 1 rings (SSSR count). The molecule has 0 radical (unpaired) electrons. The maximum atomic E-state index is 11.0. The minimum Gasteiger partial charge on any atom is -0.375 e. The molecule has 1 aromatic rings. The zero-order valence-electron chi connectivity index (χ0n) is 7.16. The fourth-order valence-electron chi connectivity index (χ4n) is 0.835. The van der Waals surface area contributed by atoms with Crippen molar-refractivity contribution < 1.29 is 9.53 Å². The molecule has 0 unspecified atom stereocenters. The van der Waals surface area contributed by atoms with Crippen molar-refractivity contribution in [1.29, 1.82) is 0 Å². The second-order valence-electron chi connectivity index (χ2n) is 2.42.